The number of nitrogens with zero attached hydrogens (tertiary/aromatic N) is 3. The van der Waals surface area contributed by atoms with Crippen molar-refractivity contribution in [2.24, 2.45) is 10.9 Å². The first-order valence-corrected chi connectivity index (χ1v) is 11.0. The van der Waals surface area contributed by atoms with Crippen molar-refractivity contribution in [3.63, 3.8) is 0 Å². The monoisotopic (exact) mass is 457 g/mol. The summed E-state index contributed by atoms with van der Waals surface area (Å²) in [6, 6.07) is 22.5. The molecule has 174 valence electrons. The van der Waals surface area contributed by atoms with Crippen molar-refractivity contribution in [3.05, 3.63) is 84.6 Å². The summed E-state index contributed by atoms with van der Waals surface area (Å²) >= 11 is 0. The average molecular weight is 458 g/mol. The second-order valence-corrected chi connectivity index (χ2v) is 8.14. The Kier molecular flexibility index (Phi) is 6.87. The first-order chi connectivity index (χ1) is 16.5. The molecule has 3 aromatic rings. The van der Waals surface area contributed by atoms with Crippen LogP contribution in [0.25, 0.3) is 11.3 Å². The quantitative estimate of drug-likeness (QED) is 0.504. The molecule has 0 radical (unpaired) electrons. The fourth-order valence-electron chi connectivity index (χ4n) is 4.29. The van der Waals surface area contributed by atoms with Crippen molar-refractivity contribution in [1.82, 2.24) is 9.88 Å². The van der Waals surface area contributed by atoms with Gasteiger partial charge in [0.2, 0.25) is 5.91 Å². The Balaban J connectivity index is 1.59. The number of likely N-dealkylation sites (tertiary alicyclic amines) is 1. The van der Waals surface area contributed by atoms with E-state index in [9.17, 15) is 9.59 Å². The van der Waals surface area contributed by atoms with Gasteiger partial charge in [-0.05, 0) is 42.8 Å². The number of rotatable bonds is 8. The van der Waals surface area contributed by atoms with E-state index in [1.54, 1.807) is 18.3 Å². The van der Waals surface area contributed by atoms with Crippen molar-refractivity contribution in [2.45, 2.75) is 18.4 Å². The molecule has 2 heterocycles. The summed E-state index contributed by atoms with van der Waals surface area (Å²) in [5, 5.41) is 7.33. The fraction of sp³-hybridized carbons (Fsp3) is 0.231. The van der Waals surface area contributed by atoms with E-state index in [-0.39, 0.29) is 18.9 Å². The number of hydrogen-bond donors (Lipinski definition) is 2. The van der Waals surface area contributed by atoms with Crippen molar-refractivity contribution in [1.29, 1.82) is 0 Å². The summed E-state index contributed by atoms with van der Waals surface area (Å²) in [7, 11) is 1.44. The molecule has 0 saturated carbocycles. The molecule has 8 nitrogen and oxygen atoms in total. The maximum Gasteiger partial charge on any atom is 0.255 e. The minimum atomic E-state index is -1.21. The van der Waals surface area contributed by atoms with Gasteiger partial charge in [0.1, 0.15) is 12.6 Å². The van der Waals surface area contributed by atoms with E-state index in [0.717, 1.165) is 16.9 Å². The Hall–Kier alpha value is -4.20. The zero-order valence-electron chi connectivity index (χ0n) is 19.0. The summed E-state index contributed by atoms with van der Waals surface area (Å²) in [4.78, 5) is 37.2. The summed E-state index contributed by atoms with van der Waals surface area (Å²) in [5.41, 5.74) is 8.39. The number of nitrogens with two attached hydrogens (primary N) is 1. The van der Waals surface area contributed by atoms with Gasteiger partial charge in [0, 0.05) is 36.0 Å². The number of pyridine rings is 1. The van der Waals surface area contributed by atoms with Crippen molar-refractivity contribution >= 4 is 23.2 Å². The van der Waals surface area contributed by atoms with Crippen LogP contribution in [-0.2, 0) is 9.63 Å². The highest BCUT2D eigenvalue weighted by Gasteiger charge is 2.51. The minimum Gasteiger partial charge on any atom is -0.399 e. The van der Waals surface area contributed by atoms with E-state index in [1.807, 2.05) is 60.7 Å². The maximum absolute atomic E-state index is 13.6. The molecule has 8 heteroatoms. The highest BCUT2D eigenvalue weighted by atomic mass is 16.6. The second kappa shape index (κ2) is 10.2. The maximum atomic E-state index is 13.6. The Bertz CT molecular complexity index is 1170. The van der Waals surface area contributed by atoms with Gasteiger partial charge < -0.3 is 20.8 Å². The van der Waals surface area contributed by atoms with Crippen LogP contribution in [0.5, 0.6) is 0 Å². The van der Waals surface area contributed by atoms with Crippen LogP contribution >= 0.6 is 0 Å². The van der Waals surface area contributed by atoms with Gasteiger partial charge in [0.25, 0.3) is 5.91 Å². The Morgan fingerprint density at radius 1 is 1.09 bits per heavy atom. The molecular weight excluding hydrogens is 430 g/mol. The molecule has 1 aliphatic heterocycles. The van der Waals surface area contributed by atoms with Crippen LogP contribution in [0.3, 0.4) is 0 Å². The summed E-state index contributed by atoms with van der Waals surface area (Å²) in [6.07, 6.45) is 2.28. The zero-order valence-corrected chi connectivity index (χ0v) is 19.0. The Morgan fingerprint density at radius 2 is 1.82 bits per heavy atom. The van der Waals surface area contributed by atoms with E-state index < -0.39 is 11.4 Å². The molecule has 2 aromatic carbocycles. The molecule has 1 aliphatic rings. The fourth-order valence-corrected chi connectivity index (χ4v) is 4.29. The lowest BCUT2D eigenvalue weighted by Crippen LogP contribution is -2.56. The van der Waals surface area contributed by atoms with Crippen LogP contribution in [0.15, 0.2) is 84.1 Å². The number of oxime groups is 1. The second-order valence-electron chi connectivity index (χ2n) is 8.14. The first-order valence-electron chi connectivity index (χ1n) is 11.0. The van der Waals surface area contributed by atoms with Crippen LogP contribution in [0, 0.1) is 0 Å². The predicted octanol–water partition coefficient (Wildman–Crippen LogP) is 3.32. The number of anilines is 1. The first kappa shape index (κ1) is 23.0. The molecular formula is C26H27N5O3. The number of carbonyl (C=O) groups is 2. The lowest BCUT2D eigenvalue weighted by Gasteiger charge is -2.35. The molecule has 1 atom stereocenters. The molecule has 4 rings (SSSR count). The van der Waals surface area contributed by atoms with Crippen LogP contribution < -0.4 is 11.1 Å². The van der Waals surface area contributed by atoms with Gasteiger partial charge in [0.15, 0.2) is 0 Å². The molecule has 1 aromatic heterocycles. The highest BCUT2D eigenvalue weighted by molar-refractivity contribution is 6.07. The lowest BCUT2D eigenvalue weighted by atomic mass is 9.89. The predicted molar refractivity (Wildman–Crippen MR) is 131 cm³/mol. The van der Waals surface area contributed by atoms with Gasteiger partial charge >= 0.3 is 0 Å². The van der Waals surface area contributed by atoms with Crippen LogP contribution in [0.4, 0.5) is 5.69 Å². The van der Waals surface area contributed by atoms with Gasteiger partial charge in [0.05, 0.1) is 18.0 Å². The van der Waals surface area contributed by atoms with Crippen LogP contribution in [-0.4, -0.2) is 53.1 Å². The van der Waals surface area contributed by atoms with Gasteiger partial charge in [-0.3, -0.25) is 14.6 Å². The molecule has 1 saturated heterocycles. The zero-order chi connectivity index (χ0) is 24.0. The molecule has 3 N–H and O–H groups in total. The summed E-state index contributed by atoms with van der Waals surface area (Å²) in [5.74, 6) is -0.852. The van der Waals surface area contributed by atoms with Gasteiger partial charge in [-0.2, -0.15) is 0 Å². The number of amides is 2. The standard InChI is InChI=1S/C26H27N5O3/c1-34-30-22-17-26(25(27)33,14-16-28-21-7-3-2-4-8-21)31(18-22)24(32)20-12-10-19(11-13-20)23-9-5-6-15-29-23/h2-13,15,28H,14,16-18H2,1H3,(H2,27,33). The van der Waals surface area contributed by atoms with E-state index >= 15 is 0 Å². The number of primary amides is 1. The summed E-state index contributed by atoms with van der Waals surface area (Å²) in [6.45, 7) is 0.624. The molecule has 1 fully saturated rings. The van der Waals surface area contributed by atoms with Gasteiger partial charge in [-0.15, -0.1) is 0 Å². The molecule has 0 bridgehead atoms. The average Bonchev–Trinajstić information content (AvgIpc) is 3.24. The number of carbonyl (C=O) groups excluding carboxylic acids is 2. The van der Waals surface area contributed by atoms with Gasteiger partial charge in [-0.25, -0.2) is 0 Å². The topological polar surface area (TPSA) is 110 Å². The van der Waals surface area contributed by atoms with Crippen LogP contribution in [0.2, 0.25) is 0 Å². The van der Waals surface area contributed by atoms with Crippen molar-refractivity contribution in [2.75, 3.05) is 25.5 Å². The SMILES string of the molecule is CON=C1CN(C(=O)c2ccc(-c3ccccn3)cc2)C(CCNc2ccccc2)(C(N)=O)C1. The third-order valence-electron chi connectivity index (χ3n) is 6.01. The van der Waals surface area contributed by atoms with Crippen LogP contribution in [0.1, 0.15) is 23.2 Å². The highest BCUT2D eigenvalue weighted by Crippen LogP contribution is 2.33. The molecule has 1 unspecified atom stereocenters. The molecule has 0 spiro atoms. The Morgan fingerprint density at radius 3 is 2.47 bits per heavy atom. The number of hydrogen-bond acceptors (Lipinski definition) is 6. The number of para-hydroxylation sites is 1. The van der Waals surface area contributed by atoms with Gasteiger partial charge in [-0.1, -0.05) is 41.6 Å². The Labute approximate surface area is 198 Å². The van der Waals surface area contributed by atoms with E-state index in [2.05, 4.69) is 15.5 Å². The normalized spacial score (nSPS) is 18.6. The van der Waals surface area contributed by atoms with E-state index in [4.69, 9.17) is 10.6 Å². The number of benzene rings is 2. The number of nitrogens with one attached hydrogen (secondary N) is 1. The molecule has 0 aliphatic carbocycles. The van der Waals surface area contributed by atoms with E-state index in [1.165, 1.54) is 12.0 Å². The van der Waals surface area contributed by atoms with Crippen molar-refractivity contribution < 1.29 is 14.4 Å². The minimum absolute atomic E-state index is 0.170. The largest absolute Gasteiger partial charge is 0.399 e. The molecule has 34 heavy (non-hydrogen) atoms. The number of aromatic nitrogens is 1. The smallest absolute Gasteiger partial charge is 0.255 e. The third kappa shape index (κ3) is 4.76. The third-order valence-corrected chi connectivity index (χ3v) is 6.01. The van der Waals surface area contributed by atoms with Crippen molar-refractivity contribution in [3.8, 4) is 11.3 Å². The summed E-state index contributed by atoms with van der Waals surface area (Å²) < 4.78 is 0. The lowest BCUT2D eigenvalue weighted by molar-refractivity contribution is -0.127. The van der Waals surface area contributed by atoms with E-state index in [0.29, 0.717) is 24.2 Å². The molecule has 2 amide bonds.